The summed E-state index contributed by atoms with van der Waals surface area (Å²) in [4.78, 5) is 12.5. The molecule has 8 heteroatoms. The number of nitrogens with zero attached hydrogens (tertiary/aromatic N) is 4. The van der Waals surface area contributed by atoms with Crippen LogP contribution in [-0.2, 0) is 4.79 Å². The highest BCUT2D eigenvalue weighted by Crippen LogP contribution is 2.29. The zero-order chi connectivity index (χ0) is 24.7. The SMILES string of the molecule is COc1ccc(-c2nnc(SCC(=O)N/N=C\c3cccc4ccccc34)n2-c2ccccc2)cc1. The van der Waals surface area contributed by atoms with Crippen LogP contribution in [0, 0.1) is 0 Å². The van der Waals surface area contributed by atoms with E-state index in [0.29, 0.717) is 11.0 Å². The molecule has 0 aliphatic carbocycles. The number of carbonyl (C=O) groups excluding carboxylic acids is 1. The van der Waals surface area contributed by atoms with E-state index in [1.165, 1.54) is 11.8 Å². The summed E-state index contributed by atoms with van der Waals surface area (Å²) in [6, 6.07) is 31.5. The van der Waals surface area contributed by atoms with Gasteiger partial charge in [0.25, 0.3) is 5.91 Å². The zero-order valence-corrected chi connectivity index (χ0v) is 20.4. The van der Waals surface area contributed by atoms with Crippen molar-refractivity contribution in [2.45, 2.75) is 5.16 Å². The zero-order valence-electron chi connectivity index (χ0n) is 19.5. The molecule has 0 fully saturated rings. The molecule has 0 bridgehead atoms. The normalized spacial score (nSPS) is 11.1. The molecular weight excluding hydrogens is 470 g/mol. The Hall–Kier alpha value is -4.43. The molecule has 0 saturated carbocycles. The molecule has 0 atom stereocenters. The van der Waals surface area contributed by atoms with Crippen molar-refractivity contribution in [3.8, 4) is 22.8 Å². The van der Waals surface area contributed by atoms with Gasteiger partial charge in [-0.1, -0.05) is 72.4 Å². The van der Waals surface area contributed by atoms with Crippen LogP contribution >= 0.6 is 11.8 Å². The summed E-state index contributed by atoms with van der Waals surface area (Å²) in [6.07, 6.45) is 1.67. The number of hydrazone groups is 1. The maximum atomic E-state index is 12.5. The van der Waals surface area contributed by atoms with Crippen LogP contribution in [0.25, 0.3) is 27.8 Å². The highest BCUT2D eigenvalue weighted by Gasteiger charge is 2.17. The van der Waals surface area contributed by atoms with Gasteiger partial charge in [0.2, 0.25) is 0 Å². The number of ether oxygens (including phenoxy) is 1. The lowest BCUT2D eigenvalue weighted by atomic mass is 10.1. The maximum Gasteiger partial charge on any atom is 0.250 e. The Balaban J connectivity index is 1.31. The molecule has 0 unspecified atom stereocenters. The molecule has 5 aromatic rings. The van der Waals surface area contributed by atoms with E-state index < -0.39 is 0 Å². The lowest BCUT2D eigenvalue weighted by Crippen LogP contribution is -2.20. The number of hydrogen-bond donors (Lipinski definition) is 1. The monoisotopic (exact) mass is 493 g/mol. The first kappa shape index (κ1) is 23.3. The fourth-order valence-electron chi connectivity index (χ4n) is 3.80. The van der Waals surface area contributed by atoms with Gasteiger partial charge in [0, 0.05) is 16.8 Å². The molecule has 1 amide bonds. The van der Waals surface area contributed by atoms with Crippen molar-refractivity contribution in [2.24, 2.45) is 5.10 Å². The quantitative estimate of drug-likeness (QED) is 0.179. The van der Waals surface area contributed by atoms with E-state index in [9.17, 15) is 4.79 Å². The van der Waals surface area contributed by atoms with E-state index in [4.69, 9.17) is 4.74 Å². The average Bonchev–Trinajstić information content (AvgIpc) is 3.36. The van der Waals surface area contributed by atoms with Crippen molar-refractivity contribution < 1.29 is 9.53 Å². The Labute approximate surface area is 212 Å². The predicted octanol–water partition coefficient (Wildman–Crippen LogP) is 5.34. The first-order valence-electron chi connectivity index (χ1n) is 11.3. The summed E-state index contributed by atoms with van der Waals surface area (Å²) >= 11 is 1.30. The molecule has 5 rings (SSSR count). The summed E-state index contributed by atoms with van der Waals surface area (Å²) in [5.74, 6) is 1.35. The van der Waals surface area contributed by atoms with Gasteiger partial charge in [-0.25, -0.2) is 5.43 Å². The van der Waals surface area contributed by atoms with Gasteiger partial charge in [0.15, 0.2) is 11.0 Å². The van der Waals surface area contributed by atoms with Gasteiger partial charge in [-0.3, -0.25) is 9.36 Å². The van der Waals surface area contributed by atoms with E-state index in [-0.39, 0.29) is 11.7 Å². The number of fused-ring (bicyclic) bond motifs is 1. The van der Waals surface area contributed by atoms with Crippen molar-refractivity contribution >= 4 is 34.7 Å². The number of carbonyl (C=O) groups is 1. The summed E-state index contributed by atoms with van der Waals surface area (Å²) < 4.78 is 7.21. The fourth-order valence-corrected chi connectivity index (χ4v) is 4.54. The van der Waals surface area contributed by atoms with Gasteiger partial charge >= 0.3 is 0 Å². The fraction of sp³-hybridized carbons (Fsp3) is 0.0714. The van der Waals surface area contributed by atoms with E-state index in [2.05, 4.69) is 20.7 Å². The van der Waals surface area contributed by atoms with E-state index in [1.54, 1.807) is 13.3 Å². The minimum absolute atomic E-state index is 0.139. The third-order valence-electron chi connectivity index (χ3n) is 5.54. The van der Waals surface area contributed by atoms with Crippen LogP contribution in [-0.4, -0.2) is 39.7 Å². The molecule has 36 heavy (non-hydrogen) atoms. The van der Waals surface area contributed by atoms with Gasteiger partial charge in [-0.15, -0.1) is 10.2 Å². The lowest BCUT2D eigenvalue weighted by molar-refractivity contribution is -0.118. The largest absolute Gasteiger partial charge is 0.497 e. The van der Waals surface area contributed by atoms with Crippen LogP contribution in [0.3, 0.4) is 0 Å². The second-order valence-corrected chi connectivity index (χ2v) is 8.80. The van der Waals surface area contributed by atoms with Crippen molar-refractivity contribution in [1.29, 1.82) is 0 Å². The Morgan fingerprint density at radius 3 is 2.50 bits per heavy atom. The summed E-state index contributed by atoms with van der Waals surface area (Å²) in [7, 11) is 1.63. The molecule has 7 nitrogen and oxygen atoms in total. The molecule has 0 spiro atoms. The number of thioether (sulfide) groups is 1. The Bertz CT molecular complexity index is 1510. The third kappa shape index (κ3) is 5.13. The Morgan fingerprint density at radius 2 is 1.69 bits per heavy atom. The van der Waals surface area contributed by atoms with Crippen molar-refractivity contribution in [3.05, 3.63) is 103 Å². The number of benzene rings is 4. The summed E-state index contributed by atoms with van der Waals surface area (Å²) in [6.45, 7) is 0. The van der Waals surface area contributed by atoms with Gasteiger partial charge in [-0.05, 0) is 47.2 Å². The summed E-state index contributed by atoms with van der Waals surface area (Å²) in [5.41, 5.74) is 5.35. The Kier molecular flexibility index (Phi) is 7.05. The molecule has 0 aliphatic rings. The average molecular weight is 494 g/mol. The van der Waals surface area contributed by atoms with Crippen LogP contribution < -0.4 is 10.2 Å². The number of para-hydroxylation sites is 1. The predicted molar refractivity (Wildman–Crippen MR) is 144 cm³/mol. The molecule has 0 saturated heterocycles. The highest BCUT2D eigenvalue weighted by atomic mass is 32.2. The van der Waals surface area contributed by atoms with Crippen molar-refractivity contribution in [3.63, 3.8) is 0 Å². The van der Waals surface area contributed by atoms with Crippen LogP contribution in [0.15, 0.2) is 107 Å². The Morgan fingerprint density at radius 1 is 0.944 bits per heavy atom. The molecule has 1 aromatic heterocycles. The molecule has 1 heterocycles. The van der Waals surface area contributed by atoms with E-state index in [1.807, 2.05) is 102 Å². The molecule has 4 aromatic carbocycles. The lowest BCUT2D eigenvalue weighted by Gasteiger charge is -2.10. The smallest absolute Gasteiger partial charge is 0.250 e. The molecule has 178 valence electrons. The third-order valence-corrected chi connectivity index (χ3v) is 6.47. The second kappa shape index (κ2) is 10.9. The van der Waals surface area contributed by atoms with E-state index >= 15 is 0 Å². The number of amides is 1. The molecule has 0 radical (unpaired) electrons. The van der Waals surface area contributed by atoms with Crippen LogP contribution in [0.5, 0.6) is 5.75 Å². The summed E-state index contributed by atoms with van der Waals surface area (Å²) in [5, 5.41) is 15.8. The molecular formula is C28H23N5O2S. The molecule has 0 aliphatic heterocycles. The number of hydrogen-bond acceptors (Lipinski definition) is 6. The van der Waals surface area contributed by atoms with Crippen molar-refractivity contribution in [1.82, 2.24) is 20.2 Å². The van der Waals surface area contributed by atoms with Crippen molar-refractivity contribution in [2.75, 3.05) is 12.9 Å². The first-order valence-corrected chi connectivity index (χ1v) is 12.3. The first-order chi connectivity index (χ1) is 17.7. The van der Waals surface area contributed by atoms with Crippen LogP contribution in [0.1, 0.15) is 5.56 Å². The second-order valence-electron chi connectivity index (χ2n) is 7.86. The number of methoxy groups -OCH3 is 1. The van der Waals surface area contributed by atoms with Gasteiger partial charge in [0.1, 0.15) is 5.75 Å². The van der Waals surface area contributed by atoms with E-state index in [0.717, 1.165) is 33.3 Å². The van der Waals surface area contributed by atoms with Gasteiger partial charge in [-0.2, -0.15) is 5.10 Å². The van der Waals surface area contributed by atoms with Gasteiger partial charge in [0.05, 0.1) is 19.1 Å². The number of nitrogens with one attached hydrogen (secondary N) is 1. The standard InChI is InChI=1S/C28H23N5O2S/c1-35-24-16-14-21(15-17-24)27-31-32-28(33(27)23-11-3-2-4-12-23)36-19-26(34)30-29-18-22-10-7-9-20-8-5-6-13-25(20)22/h2-18H,19H2,1H3,(H,30,34)/b29-18-. The topological polar surface area (TPSA) is 81.4 Å². The highest BCUT2D eigenvalue weighted by molar-refractivity contribution is 7.99. The van der Waals surface area contributed by atoms with Crippen LogP contribution in [0.4, 0.5) is 0 Å². The van der Waals surface area contributed by atoms with Gasteiger partial charge < -0.3 is 4.74 Å². The minimum Gasteiger partial charge on any atom is -0.497 e. The van der Waals surface area contributed by atoms with Crippen LogP contribution in [0.2, 0.25) is 0 Å². The molecule has 1 N–H and O–H groups in total. The number of aromatic nitrogens is 3. The maximum absolute atomic E-state index is 12.5. The number of rotatable bonds is 8. The minimum atomic E-state index is -0.231.